The Kier molecular flexibility index (Phi) is 4.48. The van der Waals surface area contributed by atoms with Crippen molar-refractivity contribution in [1.82, 2.24) is 14.8 Å². The minimum absolute atomic E-state index is 0.132. The Balaban J connectivity index is 1.22. The Morgan fingerprint density at radius 3 is 2.54 bits per heavy atom. The maximum absolute atomic E-state index is 14.2. The summed E-state index contributed by atoms with van der Waals surface area (Å²) in [5.41, 5.74) is 0.628. The first kappa shape index (κ1) is 21.4. The van der Waals surface area contributed by atoms with Gasteiger partial charge in [-0.3, -0.25) is 9.59 Å². The van der Waals surface area contributed by atoms with Crippen LogP contribution in [-0.4, -0.2) is 58.1 Å². The summed E-state index contributed by atoms with van der Waals surface area (Å²) in [5.74, 6) is -1.65. The highest BCUT2D eigenvalue weighted by Crippen LogP contribution is 2.64. The first-order chi connectivity index (χ1) is 16.9. The number of likely N-dealkylation sites (tertiary alicyclic amines) is 1. The number of amides is 2. The van der Waals surface area contributed by atoms with Gasteiger partial charge < -0.3 is 14.5 Å². The summed E-state index contributed by atoms with van der Waals surface area (Å²) in [6, 6.07) is 8.95. The summed E-state index contributed by atoms with van der Waals surface area (Å²) in [7, 11) is 0. The summed E-state index contributed by atoms with van der Waals surface area (Å²) in [5, 5.41) is 0. The van der Waals surface area contributed by atoms with Crippen LogP contribution in [0.25, 0.3) is 0 Å². The first-order valence-corrected chi connectivity index (χ1v) is 12.6. The lowest BCUT2D eigenvalue weighted by Crippen LogP contribution is -2.57. The van der Waals surface area contributed by atoms with E-state index in [4.69, 9.17) is 9.72 Å². The Morgan fingerprint density at radius 1 is 1.09 bits per heavy atom. The molecule has 182 valence electrons. The van der Waals surface area contributed by atoms with E-state index in [-0.39, 0.29) is 36.4 Å². The molecule has 0 radical (unpaired) electrons. The van der Waals surface area contributed by atoms with Gasteiger partial charge in [0.1, 0.15) is 23.6 Å². The maximum atomic E-state index is 14.2. The molecule has 1 spiro atoms. The van der Waals surface area contributed by atoms with E-state index in [0.717, 1.165) is 49.8 Å². The Hall–Kier alpha value is -2.87. The molecule has 4 heterocycles. The van der Waals surface area contributed by atoms with Gasteiger partial charge in [0.15, 0.2) is 5.60 Å². The zero-order chi connectivity index (χ0) is 23.9. The molecular weight excluding hydrogens is 452 g/mol. The molecule has 3 atom stereocenters. The third-order valence-electron chi connectivity index (χ3n) is 9.01. The number of fused-ring (bicyclic) bond motifs is 1. The lowest BCUT2D eigenvalue weighted by Gasteiger charge is -2.61. The first-order valence-electron chi connectivity index (χ1n) is 12.6. The number of hydrogen-bond acceptors (Lipinski definition) is 4. The molecular formula is C27H27F2N3O3. The van der Waals surface area contributed by atoms with Crippen LogP contribution in [0.4, 0.5) is 8.78 Å². The van der Waals surface area contributed by atoms with Gasteiger partial charge in [-0.05, 0) is 67.9 Å². The van der Waals surface area contributed by atoms with Crippen LogP contribution in [-0.2, 0) is 14.9 Å². The van der Waals surface area contributed by atoms with E-state index >= 15 is 0 Å². The maximum Gasteiger partial charge on any atom is 0.272 e. The predicted octanol–water partition coefficient (Wildman–Crippen LogP) is 3.76. The van der Waals surface area contributed by atoms with Crippen LogP contribution in [0.3, 0.4) is 0 Å². The van der Waals surface area contributed by atoms with E-state index < -0.39 is 23.2 Å². The normalized spacial score (nSPS) is 35.1. The van der Waals surface area contributed by atoms with Gasteiger partial charge in [0.2, 0.25) is 0 Å². The number of benzene rings is 1. The molecule has 3 saturated heterocycles. The highest BCUT2D eigenvalue weighted by molar-refractivity contribution is 5.94. The summed E-state index contributed by atoms with van der Waals surface area (Å²) >= 11 is 0. The van der Waals surface area contributed by atoms with Crippen LogP contribution < -0.4 is 0 Å². The van der Waals surface area contributed by atoms with Crippen LogP contribution in [0.2, 0.25) is 0 Å². The topological polar surface area (TPSA) is 62.7 Å². The van der Waals surface area contributed by atoms with Crippen molar-refractivity contribution in [2.75, 3.05) is 19.6 Å². The molecule has 6 fully saturated rings. The van der Waals surface area contributed by atoms with E-state index in [0.29, 0.717) is 24.3 Å². The number of carbonyl (C=O) groups excluding carboxylic acids is 2. The Labute approximate surface area is 202 Å². The predicted molar refractivity (Wildman–Crippen MR) is 121 cm³/mol. The number of nitrogens with zero attached hydrogens (tertiary/aromatic N) is 3. The average molecular weight is 480 g/mol. The molecule has 2 unspecified atom stereocenters. The smallest absolute Gasteiger partial charge is 0.272 e. The Bertz CT molecular complexity index is 1210. The molecule has 6 aliphatic rings. The zero-order valence-corrected chi connectivity index (χ0v) is 19.4. The van der Waals surface area contributed by atoms with Gasteiger partial charge in [-0.25, -0.2) is 13.8 Å². The number of piperidine rings is 1. The molecule has 35 heavy (non-hydrogen) atoms. The van der Waals surface area contributed by atoms with Crippen LogP contribution in [0, 0.1) is 17.6 Å². The van der Waals surface area contributed by atoms with Crippen molar-refractivity contribution in [2.24, 2.45) is 5.92 Å². The van der Waals surface area contributed by atoms with Gasteiger partial charge in [-0.1, -0.05) is 6.07 Å². The van der Waals surface area contributed by atoms with Gasteiger partial charge in [-0.2, -0.15) is 0 Å². The van der Waals surface area contributed by atoms with Crippen molar-refractivity contribution >= 4 is 11.8 Å². The molecule has 0 N–H and O–H groups in total. The fourth-order valence-corrected chi connectivity index (χ4v) is 7.10. The highest BCUT2D eigenvalue weighted by Gasteiger charge is 2.61. The molecule has 2 amide bonds. The summed E-state index contributed by atoms with van der Waals surface area (Å²) < 4.78 is 34.9. The largest absolute Gasteiger partial charge is 0.341 e. The molecule has 3 aliphatic heterocycles. The lowest BCUT2D eigenvalue weighted by molar-refractivity contribution is -0.144. The standard InChI is InChI=1S/C27H27F2N3O3/c28-18-9-17(10-19(29)11-18)20-15-31(8-6-27(20)25(34)32-7-2-5-23(32)35-27)24(33)21-3-1-4-22(30-21)26-12-16(13-26)14-26/h1,3-4,9-11,16,20,23H,2,5-8,12-15H2/t16?,20?,23-,26?,27?/m1/s1. The molecule has 1 aromatic carbocycles. The molecule has 6 nitrogen and oxygen atoms in total. The van der Waals surface area contributed by atoms with E-state index in [9.17, 15) is 18.4 Å². The number of hydrogen-bond donors (Lipinski definition) is 0. The van der Waals surface area contributed by atoms with Crippen LogP contribution in [0.1, 0.15) is 66.2 Å². The van der Waals surface area contributed by atoms with Crippen LogP contribution >= 0.6 is 0 Å². The summed E-state index contributed by atoms with van der Waals surface area (Å²) in [6.45, 7) is 1.07. The van der Waals surface area contributed by atoms with Gasteiger partial charge >= 0.3 is 0 Å². The Morgan fingerprint density at radius 2 is 1.86 bits per heavy atom. The number of pyridine rings is 1. The monoisotopic (exact) mass is 479 g/mol. The third kappa shape index (κ3) is 3.05. The number of rotatable bonds is 3. The third-order valence-corrected chi connectivity index (χ3v) is 9.01. The fraction of sp³-hybridized carbons (Fsp3) is 0.519. The lowest BCUT2D eigenvalue weighted by atomic mass is 9.43. The quantitative estimate of drug-likeness (QED) is 0.673. The average Bonchev–Trinajstić information content (AvgIpc) is 3.32. The number of aromatic nitrogens is 1. The van der Waals surface area contributed by atoms with Crippen molar-refractivity contribution in [3.05, 3.63) is 65.0 Å². The van der Waals surface area contributed by atoms with Crippen molar-refractivity contribution in [3.8, 4) is 0 Å². The van der Waals surface area contributed by atoms with Gasteiger partial charge in [-0.15, -0.1) is 0 Å². The second kappa shape index (κ2) is 7.32. The molecule has 3 saturated carbocycles. The molecule has 1 aromatic heterocycles. The number of halogens is 2. The zero-order valence-electron chi connectivity index (χ0n) is 19.4. The molecule has 8 heteroatoms. The minimum Gasteiger partial charge on any atom is -0.341 e. The summed E-state index contributed by atoms with van der Waals surface area (Å²) in [6.07, 6.45) is 5.03. The van der Waals surface area contributed by atoms with E-state index in [1.54, 1.807) is 15.9 Å². The second-order valence-corrected chi connectivity index (χ2v) is 11.0. The molecule has 8 rings (SSSR count). The number of carbonyl (C=O) groups is 2. The van der Waals surface area contributed by atoms with Crippen molar-refractivity contribution in [1.29, 1.82) is 0 Å². The van der Waals surface area contributed by atoms with Crippen molar-refractivity contribution in [2.45, 2.75) is 61.7 Å². The van der Waals surface area contributed by atoms with Crippen molar-refractivity contribution < 1.29 is 23.1 Å². The molecule has 3 aliphatic carbocycles. The number of ether oxygens (including phenoxy) is 1. The second-order valence-electron chi connectivity index (χ2n) is 11.0. The van der Waals surface area contributed by atoms with Gasteiger partial charge in [0.25, 0.3) is 11.8 Å². The molecule has 2 aromatic rings. The minimum atomic E-state index is -1.22. The highest BCUT2D eigenvalue weighted by atomic mass is 19.1. The molecule has 2 bridgehead atoms. The SMILES string of the molecule is O=C(c1cccc(C23CC(C2)C3)n1)N1CCC2(O[C@@H]3CCCN3C2=O)C(c2cc(F)cc(F)c2)C1. The summed E-state index contributed by atoms with van der Waals surface area (Å²) in [4.78, 5) is 35.3. The van der Waals surface area contributed by atoms with Gasteiger partial charge in [0, 0.05) is 49.1 Å². The van der Waals surface area contributed by atoms with Crippen LogP contribution in [0.15, 0.2) is 36.4 Å². The van der Waals surface area contributed by atoms with E-state index in [2.05, 4.69) is 0 Å². The van der Waals surface area contributed by atoms with Crippen molar-refractivity contribution in [3.63, 3.8) is 0 Å². The van der Waals surface area contributed by atoms with Gasteiger partial charge in [0.05, 0.1) is 0 Å². The van der Waals surface area contributed by atoms with E-state index in [1.807, 2.05) is 12.1 Å². The fourth-order valence-electron chi connectivity index (χ4n) is 7.10. The van der Waals surface area contributed by atoms with E-state index in [1.165, 1.54) is 12.1 Å². The van der Waals surface area contributed by atoms with Crippen LogP contribution in [0.5, 0.6) is 0 Å².